The topological polar surface area (TPSA) is 58.3 Å². The molecule has 5 heteroatoms. The minimum atomic E-state index is -1.46. The minimum absolute atomic E-state index is 0.463. The van der Waals surface area contributed by atoms with Gasteiger partial charge in [-0.3, -0.25) is 4.57 Å². The van der Waals surface area contributed by atoms with E-state index >= 15 is 0 Å². The van der Waals surface area contributed by atoms with Crippen LogP contribution in [0, 0.1) is 0 Å². The van der Waals surface area contributed by atoms with Crippen LogP contribution in [0.25, 0.3) is 16.7 Å². The lowest BCUT2D eigenvalue weighted by atomic mass is 9.80. The first-order chi connectivity index (χ1) is 8.75. The molecule has 18 heavy (non-hydrogen) atoms. The number of benzene rings is 2. The number of para-hydroxylation sites is 2. The second kappa shape index (κ2) is 4.29. The van der Waals surface area contributed by atoms with Gasteiger partial charge in [0.05, 0.1) is 11.0 Å². The largest absolute Gasteiger partial charge is 0.488 e. The molecule has 0 saturated carbocycles. The molecule has 0 radical (unpaired) electrons. The van der Waals surface area contributed by atoms with Crippen molar-refractivity contribution in [1.29, 1.82) is 0 Å². The molecule has 88 valence electrons. The summed E-state index contributed by atoms with van der Waals surface area (Å²) in [6.45, 7) is 0. The fourth-order valence-electron chi connectivity index (χ4n) is 2.00. The van der Waals surface area contributed by atoms with E-state index in [1.165, 1.54) is 0 Å². The van der Waals surface area contributed by atoms with Crippen LogP contribution in [0.2, 0.25) is 0 Å². The van der Waals surface area contributed by atoms with Crippen molar-refractivity contribution in [3.63, 3.8) is 0 Å². The lowest BCUT2D eigenvalue weighted by molar-refractivity contribution is 0.426. The summed E-state index contributed by atoms with van der Waals surface area (Å²) in [5.74, 6) is 0. The van der Waals surface area contributed by atoms with Gasteiger partial charge in [-0.15, -0.1) is 0 Å². The van der Waals surface area contributed by atoms with Crippen molar-refractivity contribution < 1.29 is 10.0 Å². The van der Waals surface area contributed by atoms with E-state index in [1.54, 1.807) is 24.5 Å². The fraction of sp³-hybridized carbons (Fsp3) is 0. The molecule has 0 atom stereocenters. The van der Waals surface area contributed by atoms with Crippen LogP contribution in [0.3, 0.4) is 0 Å². The molecule has 2 N–H and O–H groups in total. The summed E-state index contributed by atoms with van der Waals surface area (Å²) in [5.41, 5.74) is 3.22. The molecule has 0 fully saturated rings. The molecule has 0 spiro atoms. The third-order valence-corrected chi connectivity index (χ3v) is 2.90. The molecule has 3 rings (SSSR count). The van der Waals surface area contributed by atoms with Crippen LogP contribution in [0.15, 0.2) is 54.9 Å². The lowest BCUT2D eigenvalue weighted by Gasteiger charge is -2.06. The Morgan fingerprint density at radius 3 is 2.67 bits per heavy atom. The summed E-state index contributed by atoms with van der Waals surface area (Å²) in [4.78, 5) is 4.31. The molecular formula is C13H11BN2O2. The number of rotatable bonds is 2. The van der Waals surface area contributed by atoms with Crippen LogP contribution < -0.4 is 5.46 Å². The van der Waals surface area contributed by atoms with Gasteiger partial charge in [0.15, 0.2) is 0 Å². The first kappa shape index (κ1) is 11.0. The first-order valence-electron chi connectivity index (χ1n) is 5.64. The number of hydrogen-bond donors (Lipinski definition) is 2. The molecule has 0 aliphatic carbocycles. The van der Waals surface area contributed by atoms with Crippen LogP contribution in [0.4, 0.5) is 0 Å². The van der Waals surface area contributed by atoms with E-state index < -0.39 is 7.12 Å². The second-order valence-corrected chi connectivity index (χ2v) is 4.07. The molecule has 4 nitrogen and oxygen atoms in total. The highest BCUT2D eigenvalue weighted by molar-refractivity contribution is 6.58. The van der Waals surface area contributed by atoms with Crippen molar-refractivity contribution in [3.8, 4) is 5.69 Å². The van der Waals surface area contributed by atoms with Crippen molar-refractivity contribution in [2.75, 3.05) is 0 Å². The number of hydrogen-bond acceptors (Lipinski definition) is 3. The van der Waals surface area contributed by atoms with Crippen LogP contribution in [-0.4, -0.2) is 26.7 Å². The molecular weight excluding hydrogens is 227 g/mol. The van der Waals surface area contributed by atoms with Crippen molar-refractivity contribution in [2.45, 2.75) is 0 Å². The van der Waals surface area contributed by atoms with E-state index in [4.69, 9.17) is 0 Å². The molecule has 0 aliphatic rings. The quantitative estimate of drug-likeness (QED) is 0.646. The Morgan fingerprint density at radius 1 is 1.00 bits per heavy atom. The number of nitrogens with zero attached hydrogens (tertiary/aromatic N) is 2. The van der Waals surface area contributed by atoms with Gasteiger partial charge in [0.2, 0.25) is 0 Å². The maximum absolute atomic E-state index is 9.19. The van der Waals surface area contributed by atoms with Gasteiger partial charge in [-0.1, -0.05) is 24.3 Å². The maximum atomic E-state index is 9.19. The smallest absolute Gasteiger partial charge is 0.423 e. The number of fused-ring (bicyclic) bond motifs is 1. The van der Waals surface area contributed by atoms with Gasteiger partial charge >= 0.3 is 7.12 Å². The van der Waals surface area contributed by atoms with Crippen molar-refractivity contribution in [3.05, 3.63) is 54.9 Å². The van der Waals surface area contributed by atoms with Crippen LogP contribution >= 0.6 is 0 Å². The van der Waals surface area contributed by atoms with Crippen LogP contribution in [0.5, 0.6) is 0 Å². The monoisotopic (exact) mass is 238 g/mol. The molecule has 0 unspecified atom stereocenters. The highest BCUT2D eigenvalue weighted by atomic mass is 16.4. The summed E-state index contributed by atoms with van der Waals surface area (Å²) < 4.78 is 1.92. The molecule has 1 heterocycles. The lowest BCUT2D eigenvalue weighted by Crippen LogP contribution is -2.29. The van der Waals surface area contributed by atoms with E-state index in [9.17, 15) is 10.0 Å². The third-order valence-electron chi connectivity index (χ3n) is 2.90. The summed E-state index contributed by atoms with van der Waals surface area (Å²) in [7, 11) is -1.46. The molecule has 2 aromatic carbocycles. The van der Waals surface area contributed by atoms with Crippen LogP contribution in [0.1, 0.15) is 0 Å². The summed E-state index contributed by atoms with van der Waals surface area (Å²) in [6.07, 6.45) is 1.73. The summed E-state index contributed by atoms with van der Waals surface area (Å²) in [6, 6.07) is 14.9. The van der Waals surface area contributed by atoms with Gasteiger partial charge in [-0.2, -0.15) is 0 Å². The molecule has 3 aromatic rings. The average Bonchev–Trinajstić information content (AvgIpc) is 2.82. The molecule has 0 amide bonds. The van der Waals surface area contributed by atoms with Crippen molar-refractivity contribution in [2.24, 2.45) is 0 Å². The Bertz CT molecular complexity index is 694. The Hall–Kier alpha value is -2.11. The molecule has 0 bridgehead atoms. The van der Waals surface area contributed by atoms with Gasteiger partial charge in [-0.25, -0.2) is 4.98 Å². The maximum Gasteiger partial charge on any atom is 0.488 e. The van der Waals surface area contributed by atoms with E-state index in [1.807, 2.05) is 34.9 Å². The van der Waals surface area contributed by atoms with Gasteiger partial charge in [0, 0.05) is 5.69 Å². The first-order valence-corrected chi connectivity index (χ1v) is 5.64. The second-order valence-electron chi connectivity index (χ2n) is 4.07. The third kappa shape index (κ3) is 1.79. The van der Waals surface area contributed by atoms with Gasteiger partial charge < -0.3 is 10.0 Å². The highest BCUT2D eigenvalue weighted by Crippen LogP contribution is 2.16. The van der Waals surface area contributed by atoms with E-state index in [2.05, 4.69) is 4.98 Å². The van der Waals surface area contributed by atoms with Gasteiger partial charge in [0.1, 0.15) is 6.33 Å². The normalized spacial score (nSPS) is 10.8. The van der Waals surface area contributed by atoms with E-state index in [0.29, 0.717) is 5.46 Å². The Labute approximate surface area is 104 Å². The van der Waals surface area contributed by atoms with Gasteiger partial charge in [-0.05, 0) is 29.7 Å². The predicted molar refractivity (Wildman–Crippen MR) is 70.9 cm³/mol. The minimum Gasteiger partial charge on any atom is -0.423 e. The van der Waals surface area contributed by atoms with Crippen molar-refractivity contribution >= 4 is 23.6 Å². The standard InChI is InChI=1S/C13H11BN2O2/c17-14(18)10-4-3-5-11(8-10)16-9-15-12-6-1-2-7-13(12)16/h1-9,17-18H. The van der Waals surface area contributed by atoms with Crippen molar-refractivity contribution in [1.82, 2.24) is 9.55 Å². The Kier molecular flexibility index (Phi) is 2.62. The van der Waals surface area contributed by atoms with Gasteiger partial charge in [0.25, 0.3) is 0 Å². The van der Waals surface area contributed by atoms with Crippen LogP contribution in [-0.2, 0) is 0 Å². The zero-order valence-corrected chi connectivity index (χ0v) is 9.56. The molecule has 1 aromatic heterocycles. The fourth-order valence-corrected chi connectivity index (χ4v) is 2.00. The zero-order valence-electron chi connectivity index (χ0n) is 9.56. The molecule has 0 aliphatic heterocycles. The molecule has 0 saturated heterocycles. The summed E-state index contributed by atoms with van der Waals surface area (Å²) in [5, 5.41) is 18.4. The average molecular weight is 238 g/mol. The van der Waals surface area contributed by atoms with E-state index in [-0.39, 0.29) is 0 Å². The number of imidazole rings is 1. The Morgan fingerprint density at radius 2 is 1.83 bits per heavy atom. The number of aromatic nitrogens is 2. The van der Waals surface area contributed by atoms with E-state index in [0.717, 1.165) is 16.7 Å². The Balaban J connectivity index is 2.17. The predicted octanol–water partition coefficient (Wildman–Crippen LogP) is 0.705. The SMILES string of the molecule is OB(O)c1cccc(-n2cnc3ccccc32)c1. The highest BCUT2D eigenvalue weighted by Gasteiger charge is 2.12. The summed E-state index contributed by atoms with van der Waals surface area (Å²) >= 11 is 0. The zero-order chi connectivity index (χ0) is 12.5.